The Bertz CT molecular complexity index is 551. The minimum absolute atomic E-state index is 0.214. The monoisotopic (exact) mass is 291 g/mol. The highest BCUT2D eigenvalue weighted by molar-refractivity contribution is 8.00. The lowest BCUT2D eigenvalue weighted by Gasteiger charge is -2.14. The number of carbonyl (C=O) groups excluding carboxylic acids is 1. The average molecular weight is 291 g/mol. The van der Waals surface area contributed by atoms with Gasteiger partial charge in [-0.1, -0.05) is 0 Å². The summed E-state index contributed by atoms with van der Waals surface area (Å²) in [6.45, 7) is -0.214. The zero-order chi connectivity index (χ0) is 14.0. The number of hydrogen-bond acceptors (Lipinski definition) is 7. The van der Waals surface area contributed by atoms with Crippen LogP contribution >= 0.6 is 11.8 Å². The molecule has 104 valence electrons. The second-order valence-corrected chi connectivity index (χ2v) is 4.73. The Morgan fingerprint density at radius 3 is 3.11 bits per heavy atom. The molecule has 2 heterocycles. The normalized spacial score (nSPS) is 22.4. The number of amides is 1. The maximum Gasteiger partial charge on any atom is 0.411 e. The number of ether oxygens (including phenoxy) is 2. The quantitative estimate of drug-likeness (QED) is 0.765. The van der Waals surface area contributed by atoms with Gasteiger partial charge in [-0.25, -0.2) is 9.59 Å². The number of rotatable bonds is 3. The fraction of sp³-hybridized carbons (Fsp3) is 0.444. The third-order valence-corrected chi connectivity index (χ3v) is 3.37. The van der Waals surface area contributed by atoms with E-state index in [0.717, 1.165) is 10.8 Å². The molecule has 0 saturated carbocycles. The van der Waals surface area contributed by atoms with Crippen molar-refractivity contribution in [2.24, 2.45) is 5.73 Å². The number of aliphatic hydroxyl groups excluding tert-OH is 1. The Hall–Kier alpha value is -1.65. The van der Waals surface area contributed by atoms with Crippen molar-refractivity contribution in [2.75, 3.05) is 12.4 Å². The van der Waals surface area contributed by atoms with Crippen LogP contribution in [0, 0.1) is 5.82 Å². The average Bonchev–Trinajstić information content (AvgIpc) is 2.81. The molecule has 0 bridgehead atoms. The summed E-state index contributed by atoms with van der Waals surface area (Å²) in [7, 11) is 0. The molecule has 0 aliphatic carbocycles. The molecule has 2 atom stereocenters. The number of primary amides is 1. The van der Waals surface area contributed by atoms with Crippen LogP contribution in [-0.4, -0.2) is 38.5 Å². The number of aromatic nitrogens is 2. The molecular weight excluding hydrogens is 281 g/mol. The van der Waals surface area contributed by atoms with Gasteiger partial charge < -0.3 is 20.3 Å². The molecule has 1 aromatic rings. The van der Waals surface area contributed by atoms with E-state index in [1.807, 2.05) is 0 Å². The number of aliphatic hydroxyl groups is 1. The van der Waals surface area contributed by atoms with Gasteiger partial charge in [0.25, 0.3) is 5.88 Å². The molecule has 1 aliphatic rings. The molecule has 1 fully saturated rings. The SMILES string of the molecule is NC(=O)Oc1nc(=O)n([C@H]2CS[C@@H](CO)O2)cc1F. The zero-order valence-corrected chi connectivity index (χ0v) is 10.3. The predicted molar refractivity (Wildman–Crippen MR) is 62.1 cm³/mol. The number of halogens is 1. The first-order chi connectivity index (χ1) is 9.01. The predicted octanol–water partition coefficient (Wildman–Crippen LogP) is -0.580. The third kappa shape index (κ3) is 3.03. The summed E-state index contributed by atoms with van der Waals surface area (Å²) < 4.78 is 24.0. The molecule has 10 heteroatoms. The molecular formula is C9H10FN3O5S. The Kier molecular flexibility index (Phi) is 4.02. The van der Waals surface area contributed by atoms with Gasteiger partial charge in [0, 0.05) is 5.75 Å². The lowest BCUT2D eigenvalue weighted by atomic mass is 10.5. The second kappa shape index (κ2) is 5.55. The number of carbonyl (C=O) groups is 1. The van der Waals surface area contributed by atoms with Crippen LogP contribution in [0.5, 0.6) is 5.88 Å². The number of nitrogens with zero attached hydrogens (tertiary/aromatic N) is 2. The summed E-state index contributed by atoms with van der Waals surface area (Å²) in [5.41, 5.74) is 3.39. The molecule has 1 aliphatic heterocycles. The Balaban J connectivity index is 2.26. The van der Waals surface area contributed by atoms with Crippen molar-refractivity contribution in [3.8, 4) is 5.88 Å². The first-order valence-electron chi connectivity index (χ1n) is 5.15. The van der Waals surface area contributed by atoms with Gasteiger partial charge in [-0.3, -0.25) is 4.57 Å². The molecule has 2 rings (SSSR count). The van der Waals surface area contributed by atoms with Gasteiger partial charge in [0.1, 0.15) is 11.7 Å². The number of nitrogens with two attached hydrogens (primary N) is 1. The van der Waals surface area contributed by atoms with Crippen LogP contribution in [0.25, 0.3) is 0 Å². The van der Waals surface area contributed by atoms with Gasteiger partial charge in [-0.05, 0) is 0 Å². The maximum absolute atomic E-state index is 13.6. The van der Waals surface area contributed by atoms with Crippen molar-refractivity contribution < 1.29 is 23.8 Å². The maximum atomic E-state index is 13.6. The third-order valence-electron chi connectivity index (χ3n) is 2.26. The van der Waals surface area contributed by atoms with Crippen molar-refractivity contribution >= 4 is 17.9 Å². The van der Waals surface area contributed by atoms with E-state index < -0.39 is 35.1 Å². The van der Waals surface area contributed by atoms with Crippen molar-refractivity contribution in [1.29, 1.82) is 0 Å². The van der Waals surface area contributed by atoms with E-state index in [0.29, 0.717) is 5.75 Å². The molecule has 0 unspecified atom stereocenters. The highest BCUT2D eigenvalue weighted by Gasteiger charge is 2.28. The van der Waals surface area contributed by atoms with E-state index in [4.69, 9.17) is 15.6 Å². The summed E-state index contributed by atoms with van der Waals surface area (Å²) in [5.74, 6) is -1.43. The number of thioether (sulfide) groups is 1. The van der Waals surface area contributed by atoms with Gasteiger partial charge in [0.15, 0.2) is 0 Å². The van der Waals surface area contributed by atoms with E-state index in [1.54, 1.807) is 0 Å². The van der Waals surface area contributed by atoms with Crippen molar-refractivity contribution in [3.05, 3.63) is 22.5 Å². The van der Waals surface area contributed by atoms with Gasteiger partial charge in [-0.15, -0.1) is 11.8 Å². The zero-order valence-electron chi connectivity index (χ0n) is 9.48. The molecule has 8 nitrogen and oxygen atoms in total. The highest BCUT2D eigenvalue weighted by Crippen LogP contribution is 2.30. The van der Waals surface area contributed by atoms with Crippen molar-refractivity contribution in [2.45, 2.75) is 11.7 Å². The van der Waals surface area contributed by atoms with E-state index in [1.165, 1.54) is 11.8 Å². The lowest BCUT2D eigenvalue weighted by molar-refractivity contribution is -0.00701. The number of hydrogen-bond donors (Lipinski definition) is 2. The van der Waals surface area contributed by atoms with E-state index in [-0.39, 0.29) is 6.61 Å². The topological polar surface area (TPSA) is 117 Å². The molecule has 1 aromatic heterocycles. The Labute approximate surface area is 110 Å². The molecule has 0 spiro atoms. The largest absolute Gasteiger partial charge is 0.411 e. The molecule has 3 N–H and O–H groups in total. The van der Waals surface area contributed by atoms with Crippen LogP contribution in [0.3, 0.4) is 0 Å². The fourth-order valence-corrected chi connectivity index (χ4v) is 2.42. The van der Waals surface area contributed by atoms with Gasteiger partial charge in [0.05, 0.1) is 12.8 Å². The molecule has 19 heavy (non-hydrogen) atoms. The molecule has 1 saturated heterocycles. The smallest absolute Gasteiger partial charge is 0.393 e. The summed E-state index contributed by atoms with van der Waals surface area (Å²) in [5, 5.41) is 8.90. The van der Waals surface area contributed by atoms with Crippen LogP contribution < -0.4 is 16.2 Å². The van der Waals surface area contributed by atoms with Crippen molar-refractivity contribution in [1.82, 2.24) is 9.55 Å². The van der Waals surface area contributed by atoms with Crippen LogP contribution in [0.1, 0.15) is 6.23 Å². The molecule has 1 amide bonds. The van der Waals surface area contributed by atoms with Crippen LogP contribution in [0.15, 0.2) is 11.0 Å². The van der Waals surface area contributed by atoms with Crippen molar-refractivity contribution in [3.63, 3.8) is 0 Å². The highest BCUT2D eigenvalue weighted by atomic mass is 32.2. The van der Waals surface area contributed by atoms with E-state index in [2.05, 4.69) is 9.72 Å². The molecule has 0 radical (unpaired) electrons. The lowest BCUT2D eigenvalue weighted by Crippen LogP contribution is -2.30. The van der Waals surface area contributed by atoms with Gasteiger partial charge in [0.2, 0.25) is 5.82 Å². The van der Waals surface area contributed by atoms with E-state index in [9.17, 15) is 14.0 Å². The van der Waals surface area contributed by atoms with E-state index >= 15 is 0 Å². The Morgan fingerprint density at radius 1 is 1.79 bits per heavy atom. The first-order valence-corrected chi connectivity index (χ1v) is 6.20. The fourth-order valence-electron chi connectivity index (χ4n) is 1.49. The van der Waals surface area contributed by atoms with Gasteiger partial charge in [-0.2, -0.15) is 9.37 Å². The minimum Gasteiger partial charge on any atom is -0.393 e. The van der Waals surface area contributed by atoms with Crippen LogP contribution in [-0.2, 0) is 4.74 Å². The summed E-state index contributed by atoms with van der Waals surface area (Å²) in [4.78, 5) is 25.4. The van der Waals surface area contributed by atoms with Crippen LogP contribution in [0.4, 0.5) is 9.18 Å². The van der Waals surface area contributed by atoms with Crippen LogP contribution in [0.2, 0.25) is 0 Å². The van der Waals surface area contributed by atoms with Gasteiger partial charge >= 0.3 is 11.8 Å². The standard InChI is InChI=1S/C9H10FN3O5S/c10-4-1-13(5-3-19-6(2-14)17-5)9(16)12-7(4)18-8(11)15/h1,5-6,14H,2-3H2,(H2,11,15)/t5-,6+/m1/s1. The minimum atomic E-state index is -1.27. The summed E-state index contributed by atoms with van der Waals surface area (Å²) in [6.07, 6.45) is -1.19. The first kappa shape index (κ1) is 13.8. The summed E-state index contributed by atoms with van der Waals surface area (Å²) in [6, 6.07) is 0. The molecule has 0 aromatic carbocycles. The Morgan fingerprint density at radius 2 is 2.53 bits per heavy atom. The second-order valence-electron chi connectivity index (χ2n) is 3.54. The summed E-state index contributed by atoms with van der Waals surface area (Å²) >= 11 is 1.29.